The molecule has 1 aromatic carbocycles. The molecule has 2 rings (SSSR count). The van der Waals surface area contributed by atoms with Crippen molar-refractivity contribution in [3.63, 3.8) is 0 Å². The van der Waals surface area contributed by atoms with Gasteiger partial charge in [0.25, 0.3) is 0 Å². The number of halogens is 2. The van der Waals surface area contributed by atoms with E-state index in [2.05, 4.69) is 20.9 Å². The predicted molar refractivity (Wildman–Crippen MR) is 81.6 cm³/mol. The van der Waals surface area contributed by atoms with E-state index in [0.29, 0.717) is 23.1 Å². The second-order valence-electron chi connectivity index (χ2n) is 4.32. The number of anilines is 1. The van der Waals surface area contributed by atoms with Crippen LogP contribution in [0.15, 0.2) is 28.7 Å². The van der Waals surface area contributed by atoms with Crippen molar-refractivity contribution < 1.29 is 4.74 Å². The zero-order chi connectivity index (χ0) is 14.0. The molecule has 0 atom stereocenters. The molecule has 5 heteroatoms. The van der Waals surface area contributed by atoms with Gasteiger partial charge >= 0.3 is 0 Å². The molecule has 100 valence electrons. The van der Waals surface area contributed by atoms with Crippen LogP contribution in [0.25, 0.3) is 0 Å². The van der Waals surface area contributed by atoms with Gasteiger partial charge in [0.2, 0.25) is 0 Å². The van der Waals surface area contributed by atoms with E-state index < -0.39 is 0 Å². The molecule has 19 heavy (non-hydrogen) atoms. The third-order valence-electron chi connectivity index (χ3n) is 2.73. The molecular formula is C14H14BrClN2O. The molecule has 1 heterocycles. The first kappa shape index (κ1) is 14.2. The molecule has 0 aliphatic carbocycles. The van der Waals surface area contributed by atoms with Gasteiger partial charge in [-0.1, -0.05) is 27.5 Å². The summed E-state index contributed by atoms with van der Waals surface area (Å²) < 4.78 is 6.82. The summed E-state index contributed by atoms with van der Waals surface area (Å²) in [5.74, 6) is 1.23. The average molecular weight is 342 g/mol. The molecule has 0 aliphatic heterocycles. The Bertz CT molecular complexity index is 593. The molecule has 0 saturated carbocycles. The van der Waals surface area contributed by atoms with Gasteiger partial charge in [-0.25, -0.2) is 4.98 Å². The van der Waals surface area contributed by atoms with Gasteiger partial charge in [0, 0.05) is 4.47 Å². The van der Waals surface area contributed by atoms with Crippen molar-refractivity contribution in [3.8, 4) is 5.75 Å². The maximum absolute atomic E-state index is 6.04. The van der Waals surface area contributed by atoms with Crippen LogP contribution < -0.4 is 10.5 Å². The number of nitrogens with two attached hydrogens (primary N) is 1. The van der Waals surface area contributed by atoms with E-state index in [1.54, 1.807) is 12.1 Å². The lowest BCUT2D eigenvalue weighted by Crippen LogP contribution is -2.02. The van der Waals surface area contributed by atoms with Crippen molar-refractivity contribution in [2.75, 3.05) is 5.73 Å². The van der Waals surface area contributed by atoms with E-state index in [9.17, 15) is 0 Å². The molecule has 0 amide bonds. The number of aromatic nitrogens is 1. The van der Waals surface area contributed by atoms with Gasteiger partial charge < -0.3 is 10.5 Å². The summed E-state index contributed by atoms with van der Waals surface area (Å²) >= 11 is 9.57. The number of aryl methyl sites for hydroxylation is 2. The highest BCUT2D eigenvalue weighted by Crippen LogP contribution is 2.27. The average Bonchev–Trinajstić information content (AvgIpc) is 2.37. The number of benzene rings is 1. The molecule has 0 radical (unpaired) electrons. The highest BCUT2D eigenvalue weighted by Gasteiger charge is 2.06. The number of nitrogens with zero attached hydrogens (tertiary/aromatic N) is 1. The van der Waals surface area contributed by atoms with Crippen molar-refractivity contribution in [2.45, 2.75) is 20.5 Å². The van der Waals surface area contributed by atoms with Crippen LogP contribution in [0.5, 0.6) is 5.75 Å². The zero-order valence-electron chi connectivity index (χ0n) is 10.7. The fraction of sp³-hybridized carbons (Fsp3) is 0.214. The third kappa shape index (κ3) is 3.39. The monoisotopic (exact) mass is 340 g/mol. The number of hydrogen-bond acceptors (Lipinski definition) is 3. The zero-order valence-corrected chi connectivity index (χ0v) is 13.0. The van der Waals surface area contributed by atoms with Gasteiger partial charge in [0.1, 0.15) is 18.2 Å². The van der Waals surface area contributed by atoms with Gasteiger partial charge in [0.15, 0.2) is 0 Å². The summed E-state index contributed by atoms with van der Waals surface area (Å²) in [6.07, 6.45) is 0. The van der Waals surface area contributed by atoms with E-state index in [1.807, 2.05) is 26.0 Å². The highest BCUT2D eigenvalue weighted by atomic mass is 79.9. The Balaban J connectivity index is 2.17. The van der Waals surface area contributed by atoms with Crippen LogP contribution in [-0.2, 0) is 6.61 Å². The van der Waals surface area contributed by atoms with Crippen LogP contribution in [0, 0.1) is 13.8 Å². The van der Waals surface area contributed by atoms with Gasteiger partial charge in [0.05, 0.1) is 10.7 Å². The molecule has 0 fully saturated rings. The maximum Gasteiger partial charge on any atom is 0.132 e. The van der Waals surface area contributed by atoms with E-state index in [4.69, 9.17) is 22.1 Å². The van der Waals surface area contributed by atoms with E-state index in [-0.39, 0.29) is 0 Å². The van der Waals surface area contributed by atoms with Gasteiger partial charge in [-0.2, -0.15) is 0 Å². The Morgan fingerprint density at radius 2 is 1.89 bits per heavy atom. The fourth-order valence-electron chi connectivity index (χ4n) is 1.74. The van der Waals surface area contributed by atoms with Crippen molar-refractivity contribution in [3.05, 3.63) is 50.6 Å². The second-order valence-corrected chi connectivity index (χ2v) is 5.52. The molecule has 0 bridgehead atoms. The molecular weight excluding hydrogens is 328 g/mol. The van der Waals surface area contributed by atoms with Crippen molar-refractivity contribution in [1.29, 1.82) is 0 Å². The minimum Gasteiger partial charge on any atom is -0.487 e. The summed E-state index contributed by atoms with van der Waals surface area (Å²) in [6.45, 7) is 4.34. The van der Waals surface area contributed by atoms with Gasteiger partial charge in [-0.15, -0.1) is 0 Å². The lowest BCUT2D eigenvalue weighted by molar-refractivity contribution is 0.301. The summed E-state index contributed by atoms with van der Waals surface area (Å²) in [5, 5.41) is 0.555. The molecule has 0 saturated heterocycles. The number of rotatable bonds is 3. The van der Waals surface area contributed by atoms with E-state index in [1.165, 1.54) is 0 Å². The molecule has 3 nitrogen and oxygen atoms in total. The van der Waals surface area contributed by atoms with E-state index in [0.717, 1.165) is 21.3 Å². The minimum absolute atomic E-state index is 0.296. The number of pyridine rings is 1. The molecule has 0 aliphatic rings. The summed E-state index contributed by atoms with van der Waals surface area (Å²) in [5.41, 5.74) is 8.52. The van der Waals surface area contributed by atoms with Crippen molar-refractivity contribution in [2.24, 2.45) is 0 Å². The quantitative estimate of drug-likeness (QED) is 0.906. The summed E-state index contributed by atoms with van der Waals surface area (Å²) in [4.78, 5) is 4.16. The molecule has 2 aromatic rings. The molecule has 0 unspecified atom stereocenters. The lowest BCUT2D eigenvalue weighted by atomic mass is 10.1. The Labute approximate surface area is 125 Å². The maximum atomic E-state index is 6.04. The van der Waals surface area contributed by atoms with Crippen LogP contribution in [0.3, 0.4) is 0 Å². The SMILES string of the molecule is Cc1cc(OCc2nc(N)ccc2Cl)cc(C)c1Br. The second kappa shape index (κ2) is 5.80. The first-order valence-corrected chi connectivity index (χ1v) is 6.95. The first-order chi connectivity index (χ1) is 8.97. The summed E-state index contributed by atoms with van der Waals surface area (Å²) in [7, 11) is 0. The van der Waals surface area contributed by atoms with E-state index >= 15 is 0 Å². The van der Waals surface area contributed by atoms with Crippen molar-refractivity contribution in [1.82, 2.24) is 4.98 Å². The standard InChI is InChI=1S/C14H14BrClN2O/c1-8-5-10(6-9(2)14(8)15)19-7-12-11(16)3-4-13(17)18-12/h3-6H,7H2,1-2H3,(H2,17,18). The summed E-state index contributed by atoms with van der Waals surface area (Å²) in [6, 6.07) is 7.33. The Morgan fingerprint density at radius 3 is 2.53 bits per heavy atom. The number of nitrogen functional groups attached to an aromatic ring is 1. The van der Waals surface area contributed by atoms with Crippen LogP contribution in [-0.4, -0.2) is 4.98 Å². The smallest absolute Gasteiger partial charge is 0.132 e. The minimum atomic E-state index is 0.296. The van der Waals surface area contributed by atoms with Crippen molar-refractivity contribution >= 4 is 33.3 Å². The largest absolute Gasteiger partial charge is 0.487 e. The van der Waals surface area contributed by atoms with Crippen LogP contribution in [0.4, 0.5) is 5.82 Å². The highest BCUT2D eigenvalue weighted by molar-refractivity contribution is 9.10. The normalized spacial score (nSPS) is 10.5. The van der Waals surface area contributed by atoms with Gasteiger partial charge in [-0.3, -0.25) is 0 Å². The van der Waals surface area contributed by atoms with Crippen LogP contribution >= 0.6 is 27.5 Å². The first-order valence-electron chi connectivity index (χ1n) is 5.78. The third-order valence-corrected chi connectivity index (χ3v) is 4.32. The molecule has 1 aromatic heterocycles. The molecule has 2 N–H and O–H groups in total. The fourth-order valence-corrected chi connectivity index (χ4v) is 2.13. The lowest BCUT2D eigenvalue weighted by Gasteiger charge is -2.11. The Morgan fingerprint density at radius 1 is 1.26 bits per heavy atom. The van der Waals surface area contributed by atoms with Crippen LogP contribution in [0.1, 0.15) is 16.8 Å². The number of ether oxygens (including phenoxy) is 1. The molecule has 0 spiro atoms. The Kier molecular flexibility index (Phi) is 4.32. The Hall–Kier alpha value is -1.26. The topological polar surface area (TPSA) is 48.1 Å². The number of hydrogen-bond donors (Lipinski definition) is 1. The van der Waals surface area contributed by atoms with Gasteiger partial charge in [-0.05, 0) is 49.2 Å². The predicted octanol–water partition coefficient (Wildman–Crippen LogP) is 4.28. The van der Waals surface area contributed by atoms with Crippen LogP contribution in [0.2, 0.25) is 5.02 Å².